The third-order valence-corrected chi connectivity index (χ3v) is 5.49. The van der Waals surface area contributed by atoms with Gasteiger partial charge in [-0.15, -0.1) is 5.10 Å². The van der Waals surface area contributed by atoms with E-state index in [0.29, 0.717) is 42.5 Å². The van der Waals surface area contributed by atoms with Gasteiger partial charge < -0.3 is 25.0 Å². The number of rotatable bonds is 8. The summed E-state index contributed by atoms with van der Waals surface area (Å²) in [6, 6.07) is 3.59. The average molecular weight is 439 g/mol. The van der Waals surface area contributed by atoms with Crippen molar-refractivity contribution in [3.05, 3.63) is 24.6 Å². The highest BCUT2D eigenvalue weighted by Crippen LogP contribution is 2.23. The number of nitrogen functional groups attached to an aromatic ring is 1. The van der Waals surface area contributed by atoms with E-state index in [1.54, 1.807) is 24.6 Å². The number of likely N-dealkylation sites (tertiary alicyclic amines) is 1. The first kappa shape index (κ1) is 20.4. The van der Waals surface area contributed by atoms with E-state index in [-0.39, 0.29) is 12.6 Å². The van der Waals surface area contributed by atoms with Crippen LogP contribution in [-0.4, -0.2) is 77.9 Å². The number of aromatic nitrogens is 6. The molecule has 0 spiro atoms. The van der Waals surface area contributed by atoms with Gasteiger partial charge >= 0.3 is 0 Å². The van der Waals surface area contributed by atoms with Crippen molar-refractivity contribution in [1.29, 1.82) is 0 Å². The van der Waals surface area contributed by atoms with Gasteiger partial charge in [-0.25, -0.2) is 9.67 Å². The molecule has 12 nitrogen and oxygen atoms in total. The van der Waals surface area contributed by atoms with E-state index in [1.807, 2.05) is 4.68 Å². The molecule has 0 radical (unpaired) electrons. The third kappa shape index (κ3) is 4.01. The SMILES string of the molecule is Nc1nc2c(cnn2CCN2CCC(=NOCCCO)CC2)c2nc(-c3ccco3)nn12. The number of oxime groups is 1. The van der Waals surface area contributed by atoms with Gasteiger partial charge in [-0.2, -0.15) is 14.6 Å². The highest BCUT2D eigenvalue weighted by atomic mass is 16.6. The number of aliphatic hydroxyl groups is 1. The van der Waals surface area contributed by atoms with Gasteiger partial charge in [0.1, 0.15) is 6.61 Å². The molecule has 4 aromatic heterocycles. The van der Waals surface area contributed by atoms with Gasteiger partial charge in [0.15, 0.2) is 17.1 Å². The fourth-order valence-electron chi connectivity index (χ4n) is 3.76. The van der Waals surface area contributed by atoms with Crippen LogP contribution in [-0.2, 0) is 11.4 Å². The summed E-state index contributed by atoms with van der Waals surface area (Å²) in [6.45, 7) is 3.93. The number of aliphatic hydroxyl groups excluding tert-OH is 1. The fourth-order valence-corrected chi connectivity index (χ4v) is 3.76. The first-order valence-electron chi connectivity index (χ1n) is 10.7. The minimum absolute atomic E-state index is 0.120. The molecule has 1 fully saturated rings. The molecule has 1 aliphatic rings. The summed E-state index contributed by atoms with van der Waals surface area (Å²) in [5.41, 5.74) is 8.51. The van der Waals surface area contributed by atoms with Gasteiger partial charge in [0.05, 0.1) is 30.1 Å². The van der Waals surface area contributed by atoms with Gasteiger partial charge in [0, 0.05) is 45.5 Å². The maximum Gasteiger partial charge on any atom is 0.225 e. The molecule has 3 N–H and O–H groups in total. The number of fused-ring (bicyclic) bond motifs is 3. The maximum atomic E-state index is 8.78. The third-order valence-electron chi connectivity index (χ3n) is 5.49. The maximum absolute atomic E-state index is 8.78. The average Bonchev–Trinajstić information content (AvgIpc) is 3.55. The topological polar surface area (TPSA) is 145 Å². The smallest absolute Gasteiger partial charge is 0.225 e. The van der Waals surface area contributed by atoms with Gasteiger partial charge in [-0.1, -0.05) is 5.16 Å². The molecular formula is C20H25N9O3. The van der Waals surface area contributed by atoms with Crippen LogP contribution in [0, 0.1) is 0 Å². The van der Waals surface area contributed by atoms with E-state index in [1.165, 1.54) is 4.52 Å². The van der Waals surface area contributed by atoms with Crippen molar-refractivity contribution in [2.24, 2.45) is 5.16 Å². The van der Waals surface area contributed by atoms with Crippen molar-refractivity contribution in [3.63, 3.8) is 0 Å². The Morgan fingerprint density at radius 3 is 2.84 bits per heavy atom. The Hall–Kier alpha value is -3.51. The predicted octanol–water partition coefficient (Wildman–Crippen LogP) is 1.17. The Balaban J connectivity index is 1.27. The minimum atomic E-state index is 0.120. The molecule has 0 aliphatic carbocycles. The van der Waals surface area contributed by atoms with Crippen LogP contribution < -0.4 is 5.73 Å². The van der Waals surface area contributed by atoms with E-state index >= 15 is 0 Å². The largest absolute Gasteiger partial charge is 0.461 e. The van der Waals surface area contributed by atoms with Crippen LogP contribution in [0.1, 0.15) is 19.3 Å². The molecule has 12 heteroatoms. The summed E-state index contributed by atoms with van der Waals surface area (Å²) in [7, 11) is 0. The first-order valence-corrected chi connectivity index (χ1v) is 10.7. The second-order valence-corrected chi connectivity index (χ2v) is 7.63. The van der Waals surface area contributed by atoms with E-state index < -0.39 is 0 Å². The van der Waals surface area contributed by atoms with Crippen molar-refractivity contribution in [3.8, 4) is 11.6 Å². The predicted molar refractivity (Wildman–Crippen MR) is 117 cm³/mol. The van der Waals surface area contributed by atoms with Crippen molar-refractivity contribution in [1.82, 2.24) is 34.3 Å². The highest BCUT2D eigenvalue weighted by molar-refractivity contribution is 5.90. The van der Waals surface area contributed by atoms with Crippen molar-refractivity contribution >= 4 is 28.3 Å². The van der Waals surface area contributed by atoms with Crippen LogP contribution in [0.5, 0.6) is 0 Å². The molecule has 32 heavy (non-hydrogen) atoms. The zero-order chi connectivity index (χ0) is 21.9. The highest BCUT2D eigenvalue weighted by Gasteiger charge is 2.19. The lowest BCUT2D eigenvalue weighted by Gasteiger charge is -2.27. The molecule has 0 aromatic carbocycles. The minimum Gasteiger partial charge on any atom is -0.461 e. The van der Waals surface area contributed by atoms with Crippen molar-refractivity contribution in [2.75, 3.05) is 38.6 Å². The molecule has 5 heterocycles. The Morgan fingerprint density at radius 1 is 1.19 bits per heavy atom. The number of nitrogens with zero attached hydrogens (tertiary/aromatic N) is 8. The Kier molecular flexibility index (Phi) is 5.69. The van der Waals surface area contributed by atoms with Crippen LogP contribution in [0.4, 0.5) is 5.95 Å². The standard InChI is InChI=1S/C20H25N9O3/c21-20-24-18-15(19-23-17(25-29(19)20)16-3-1-11-31-16)13-22-28(18)9-8-27-6-4-14(5-7-27)26-32-12-2-10-30/h1,3,11,13,30H,2,4-10,12H2,(H2,21,24). The Labute approximate surface area is 183 Å². The molecule has 0 amide bonds. The van der Waals surface area contributed by atoms with Crippen molar-refractivity contribution in [2.45, 2.75) is 25.8 Å². The Bertz CT molecular complexity index is 1220. The summed E-state index contributed by atoms with van der Waals surface area (Å²) in [5.74, 6) is 1.27. The summed E-state index contributed by atoms with van der Waals surface area (Å²) in [4.78, 5) is 16.7. The summed E-state index contributed by atoms with van der Waals surface area (Å²) in [5, 5.41) is 22.7. The van der Waals surface area contributed by atoms with E-state index in [2.05, 4.69) is 30.2 Å². The molecule has 5 rings (SSSR count). The van der Waals surface area contributed by atoms with Crippen molar-refractivity contribution < 1.29 is 14.4 Å². The summed E-state index contributed by atoms with van der Waals surface area (Å²) in [6.07, 6.45) is 5.68. The molecule has 0 bridgehead atoms. The molecule has 1 aliphatic heterocycles. The lowest BCUT2D eigenvalue weighted by molar-refractivity contribution is 0.121. The van der Waals surface area contributed by atoms with Gasteiger partial charge in [-0.3, -0.25) is 0 Å². The fraction of sp³-hybridized carbons (Fsp3) is 0.450. The molecule has 168 valence electrons. The van der Waals surface area contributed by atoms with Crippen LogP contribution in [0.15, 0.2) is 34.2 Å². The monoisotopic (exact) mass is 439 g/mol. The molecule has 0 saturated carbocycles. The molecule has 0 atom stereocenters. The number of hydrogen-bond acceptors (Lipinski definition) is 10. The van der Waals surface area contributed by atoms with Crippen LogP contribution in [0.3, 0.4) is 0 Å². The summed E-state index contributed by atoms with van der Waals surface area (Å²) >= 11 is 0. The number of anilines is 1. The van der Waals surface area contributed by atoms with Gasteiger partial charge in [0.2, 0.25) is 11.8 Å². The zero-order valence-electron chi connectivity index (χ0n) is 17.6. The lowest BCUT2D eigenvalue weighted by atomic mass is 10.1. The van der Waals surface area contributed by atoms with Crippen LogP contribution >= 0.6 is 0 Å². The normalized spacial score (nSPS) is 15.1. The molecular weight excluding hydrogens is 414 g/mol. The van der Waals surface area contributed by atoms with Gasteiger partial charge in [-0.05, 0) is 12.1 Å². The summed E-state index contributed by atoms with van der Waals surface area (Å²) < 4.78 is 8.77. The van der Waals surface area contributed by atoms with E-state index in [0.717, 1.165) is 43.6 Å². The molecule has 0 unspecified atom stereocenters. The first-order chi connectivity index (χ1) is 15.7. The quantitative estimate of drug-likeness (QED) is 0.305. The second-order valence-electron chi connectivity index (χ2n) is 7.63. The van der Waals surface area contributed by atoms with E-state index in [4.69, 9.17) is 20.1 Å². The molecule has 4 aromatic rings. The number of hydrogen-bond donors (Lipinski definition) is 2. The number of piperidine rings is 1. The Morgan fingerprint density at radius 2 is 2.06 bits per heavy atom. The van der Waals surface area contributed by atoms with E-state index in [9.17, 15) is 0 Å². The number of nitrogens with two attached hydrogens (primary N) is 1. The number of furan rings is 1. The zero-order valence-corrected chi connectivity index (χ0v) is 17.6. The van der Waals surface area contributed by atoms with Gasteiger partial charge in [0.25, 0.3) is 0 Å². The second kappa shape index (κ2) is 8.93. The van der Waals surface area contributed by atoms with Crippen LogP contribution in [0.2, 0.25) is 0 Å². The van der Waals surface area contributed by atoms with Crippen LogP contribution in [0.25, 0.3) is 28.3 Å². The molecule has 1 saturated heterocycles. The lowest BCUT2D eigenvalue weighted by Crippen LogP contribution is -2.36.